The zero-order chi connectivity index (χ0) is 12.3. The fourth-order valence-corrected chi connectivity index (χ4v) is 2.26. The molecule has 0 radical (unpaired) electrons. The summed E-state index contributed by atoms with van der Waals surface area (Å²) in [4.78, 5) is 2.10. The van der Waals surface area contributed by atoms with Crippen LogP contribution in [0.25, 0.3) is 0 Å². The minimum atomic E-state index is -0.353. The number of rotatable bonds is 3. The van der Waals surface area contributed by atoms with Crippen molar-refractivity contribution in [2.75, 3.05) is 31.7 Å². The highest BCUT2D eigenvalue weighted by molar-refractivity contribution is 5.52. The van der Waals surface area contributed by atoms with Crippen molar-refractivity contribution >= 4 is 5.69 Å². The van der Waals surface area contributed by atoms with E-state index in [1.54, 1.807) is 13.2 Å². The largest absolute Gasteiger partial charge is 0.384 e. The second kappa shape index (κ2) is 5.15. The molecule has 3 nitrogen and oxygen atoms in total. The Morgan fingerprint density at radius 1 is 1.53 bits per heavy atom. The Bertz CT molecular complexity index is 442. The molecule has 0 aromatic heterocycles. The zero-order valence-electron chi connectivity index (χ0n) is 9.82. The molecule has 0 bridgehead atoms. The highest BCUT2D eigenvalue weighted by atomic mass is 19.1. The monoisotopic (exact) mass is 234 g/mol. The quantitative estimate of drug-likeness (QED) is 0.804. The van der Waals surface area contributed by atoms with Gasteiger partial charge in [-0.05, 0) is 24.6 Å². The van der Waals surface area contributed by atoms with Gasteiger partial charge >= 0.3 is 0 Å². The number of hydrogen-bond donors (Lipinski definition) is 0. The lowest BCUT2D eigenvalue weighted by atomic mass is 10.1. The molecule has 0 aliphatic carbocycles. The Labute approximate surface area is 100 Å². The van der Waals surface area contributed by atoms with Crippen LogP contribution >= 0.6 is 0 Å². The highest BCUT2D eigenvalue weighted by Crippen LogP contribution is 2.25. The van der Waals surface area contributed by atoms with Crippen LogP contribution in [0.1, 0.15) is 12.0 Å². The molecular formula is C13H15FN2O. The molecule has 90 valence electrons. The maximum Gasteiger partial charge on any atom is 0.126 e. The first-order valence-corrected chi connectivity index (χ1v) is 5.67. The van der Waals surface area contributed by atoms with Crippen LogP contribution < -0.4 is 4.90 Å². The second-order valence-electron chi connectivity index (χ2n) is 4.37. The van der Waals surface area contributed by atoms with Crippen molar-refractivity contribution in [3.8, 4) is 6.07 Å². The standard InChI is InChI=1S/C13H15FN2O/c1-17-9-10-2-3-16(8-10)13-5-11(7-15)4-12(14)6-13/h4-6,10H,2-3,8-9H2,1H3. The van der Waals surface area contributed by atoms with Crippen LogP contribution in [0, 0.1) is 23.1 Å². The summed E-state index contributed by atoms with van der Waals surface area (Å²) in [6, 6.07) is 6.45. The normalized spacial score (nSPS) is 19.4. The number of nitriles is 1. The fourth-order valence-electron chi connectivity index (χ4n) is 2.26. The van der Waals surface area contributed by atoms with E-state index >= 15 is 0 Å². The van der Waals surface area contributed by atoms with Crippen LogP contribution in [0.5, 0.6) is 0 Å². The van der Waals surface area contributed by atoms with Gasteiger partial charge in [0.15, 0.2) is 0 Å². The number of ether oxygens (including phenoxy) is 1. The minimum Gasteiger partial charge on any atom is -0.384 e. The van der Waals surface area contributed by atoms with E-state index in [0.717, 1.165) is 31.8 Å². The van der Waals surface area contributed by atoms with Crippen molar-refractivity contribution in [1.29, 1.82) is 5.26 Å². The summed E-state index contributed by atoms with van der Waals surface area (Å²) in [6.45, 7) is 2.49. The van der Waals surface area contributed by atoms with E-state index < -0.39 is 0 Å². The molecule has 0 N–H and O–H groups in total. The molecule has 0 amide bonds. The van der Waals surface area contributed by atoms with Gasteiger partial charge in [0.25, 0.3) is 0 Å². The number of hydrogen-bond acceptors (Lipinski definition) is 3. The zero-order valence-corrected chi connectivity index (χ0v) is 9.82. The highest BCUT2D eigenvalue weighted by Gasteiger charge is 2.23. The van der Waals surface area contributed by atoms with Gasteiger partial charge in [-0.2, -0.15) is 5.26 Å². The van der Waals surface area contributed by atoms with E-state index in [9.17, 15) is 4.39 Å². The molecule has 1 unspecified atom stereocenters. The molecule has 1 aliphatic heterocycles. The summed E-state index contributed by atoms with van der Waals surface area (Å²) in [5.41, 5.74) is 1.16. The Hall–Kier alpha value is -1.60. The van der Waals surface area contributed by atoms with Crippen molar-refractivity contribution in [2.24, 2.45) is 5.92 Å². The molecule has 1 heterocycles. The van der Waals surface area contributed by atoms with Crippen molar-refractivity contribution in [3.63, 3.8) is 0 Å². The number of nitrogens with zero attached hydrogens (tertiary/aromatic N) is 2. The van der Waals surface area contributed by atoms with E-state index in [4.69, 9.17) is 10.00 Å². The molecular weight excluding hydrogens is 219 g/mol. The lowest BCUT2D eigenvalue weighted by Gasteiger charge is -2.18. The molecule has 4 heteroatoms. The maximum atomic E-state index is 13.3. The van der Waals surface area contributed by atoms with Crippen molar-refractivity contribution in [3.05, 3.63) is 29.6 Å². The Balaban J connectivity index is 2.13. The smallest absolute Gasteiger partial charge is 0.126 e. The van der Waals surface area contributed by atoms with Gasteiger partial charge in [-0.1, -0.05) is 0 Å². The summed E-state index contributed by atoms with van der Waals surface area (Å²) in [6.07, 6.45) is 1.05. The predicted molar refractivity (Wildman–Crippen MR) is 63.3 cm³/mol. The summed E-state index contributed by atoms with van der Waals surface area (Å²) in [5.74, 6) is 0.142. The molecule has 1 fully saturated rings. The van der Waals surface area contributed by atoms with Crippen molar-refractivity contribution in [2.45, 2.75) is 6.42 Å². The Morgan fingerprint density at radius 3 is 3.06 bits per heavy atom. The first-order valence-electron chi connectivity index (χ1n) is 5.67. The number of methoxy groups -OCH3 is 1. The molecule has 17 heavy (non-hydrogen) atoms. The van der Waals surface area contributed by atoms with Crippen molar-refractivity contribution < 1.29 is 9.13 Å². The van der Waals surface area contributed by atoms with Crippen LogP contribution in [-0.2, 0) is 4.74 Å². The van der Waals surface area contributed by atoms with Gasteiger partial charge in [0, 0.05) is 31.8 Å². The van der Waals surface area contributed by atoms with Gasteiger partial charge < -0.3 is 9.64 Å². The Morgan fingerprint density at radius 2 is 2.35 bits per heavy atom. The summed E-state index contributed by atoms with van der Waals surface area (Å²) in [5, 5.41) is 8.81. The van der Waals surface area contributed by atoms with E-state index in [2.05, 4.69) is 4.90 Å². The van der Waals surface area contributed by atoms with Gasteiger partial charge in [-0.3, -0.25) is 0 Å². The number of benzene rings is 1. The van der Waals surface area contributed by atoms with Crippen LogP contribution in [0.4, 0.5) is 10.1 Å². The van der Waals surface area contributed by atoms with Gasteiger partial charge in [0.05, 0.1) is 18.2 Å². The van der Waals surface area contributed by atoms with Crippen LogP contribution in [-0.4, -0.2) is 26.8 Å². The minimum absolute atomic E-state index is 0.353. The molecule has 1 saturated heterocycles. The van der Waals surface area contributed by atoms with Gasteiger partial charge in [0.2, 0.25) is 0 Å². The summed E-state index contributed by atoms with van der Waals surface area (Å²) < 4.78 is 18.4. The van der Waals surface area contributed by atoms with Crippen LogP contribution in [0.3, 0.4) is 0 Å². The van der Waals surface area contributed by atoms with E-state index in [0.29, 0.717) is 11.5 Å². The molecule has 0 saturated carbocycles. The van der Waals surface area contributed by atoms with Crippen LogP contribution in [0.15, 0.2) is 18.2 Å². The fraction of sp³-hybridized carbons (Fsp3) is 0.462. The third kappa shape index (κ3) is 2.75. The molecule has 1 aromatic carbocycles. The first kappa shape index (κ1) is 11.9. The maximum absolute atomic E-state index is 13.3. The number of halogens is 1. The Kier molecular flexibility index (Phi) is 3.60. The van der Waals surface area contributed by atoms with Gasteiger partial charge in [-0.15, -0.1) is 0 Å². The molecule has 1 atom stereocenters. The van der Waals surface area contributed by atoms with E-state index in [1.165, 1.54) is 12.1 Å². The lowest BCUT2D eigenvalue weighted by Crippen LogP contribution is -2.21. The topological polar surface area (TPSA) is 36.3 Å². The number of anilines is 1. The predicted octanol–water partition coefficient (Wildman–Crippen LogP) is 2.17. The summed E-state index contributed by atoms with van der Waals surface area (Å²) >= 11 is 0. The molecule has 1 aliphatic rings. The van der Waals surface area contributed by atoms with Gasteiger partial charge in [-0.25, -0.2) is 4.39 Å². The average Bonchev–Trinajstić information content (AvgIpc) is 2.77. The lowest BCUT2D eigenvalue weighted by molar-refractivity contribution is 0.161. The third-order valence-corrected chi connectivity index (χ3v) is 3.07. The summed E-state index contributed by atoms with van der Waals surface area (Å²) in [7, 11) is 1.69. The van der Waals surface area contributed by atoms with Crippen molar-refractivity contribution in [1.82, 2.24) is 0 Å². The van der Waals surface area contributed by atoms with E-state index in [-0.39, 0.29) is 5.82 Å². The van der Waals surface area contributed by atoms with Crippen LogP contribution in [0.2, 0.25) is 0 Å². The second-order valence-corrected chi connectivity index (χ2v) is 4.37. The molecule has 1 aromatic rings. The van der Waals surface area contributed by atoms with Gasteiger partial charge in [0.1, 0.15) is 5.82 Å². The molecule has 2 rings (SSSR count). The average molecular weight is 234 g/mol. The third-order valence-electron chi connectivity index (χ3n) is 3.07. The molecule has 0 spiro atoms. The van der Waals surface area contributed by atoms with E-state index in [1.807, 2.05) is 6.07 Å². The first-order chi connectivity index (χ1) is 8.22. The SMILES string of the molecule is COCC1CCN(c2cc(F)cc(C#N)c2)C1.